The Labute approximate surface area is 183 Å². The number of aliphatic imine (C=N–C) groups is 1. The van der Waals surface area contributed by atoms with Crippen LogP contribution in [0.3, 0.4) is 0 Å². The third-order valence-corrected chi connectivity index (χ3v) is 5.34. The second kappa shape index (κ2) is 10.8. The van der Waals surface area contributed by atoms with Gasteiger partial charge < -0.3 is 20.0 Å². The fraction of sp³-hybridized carbons (Fsp3) is 0.409. The first-order chi connectivity index (χ1) is 14.6. The van der Waals surface area contributed by atoms with E-state index in [2.05, 4.69) is 20.2 Å². The Morgan fingerprint density at radius 2 is 2.00 bits per heavy atom. The van der Waals surface area contributed by atoms with Crippen molar-refractivity contribution in [2.75, 3.05) is 51.7 Å². The maximum atomic E-state index is 12.6. The molecule has 1 amide bonds. The van der Waals surface area contributed by atoms with E-state index in [4.69, 9.17) is 11.6 Å². The molecule has 1 saturated heterocycles. The molecule has 0 unspecified atom stereocenters. The van der Waals surface area contributed by atoms with E-state index in [1.54, 1.807) is 13.2 Å². The first-order valence-corrected chi connectivity index (χ1v) is 10.5. The minimum Gasteiger partial charge on any atom is -0.356 e. The number of carbonyl (C=O) groups is 1. The van der Waals surface area contributed by atoms with E-state index in [-0.39, 0.29) is 5.91 Å². The monoisotopic (exact) mass is 428 g/mol. The number of guanidine groups is 1. The van der Waals surface area contributed by atoms with Crippen molar-refractivity contribution < 1.29 is 4.79 Å². The number of amides is 1. The van der Waals surface area contributed by atoms with Crippen LogP contribution in [0.2, 0.25) is 5.02 Å². The number of nitrogens with one attached hydrogen (secondary N) is 1. The molecular formula is C22H29ClN6O. The fourth-order valence-corrected chi connectivity index (χ4v) is 3.75. The molecule has 1 fully saturated rings. The van der Waals surface area contributed by atoms with Crippen molar-refractivity contribution in [1.29, 1.82) is 0 Å². The molecule has 1 aliphatic rings. The molecular weight excluding hydrogens is 400 g/mol. The molecule has 0 atom stereocenters. The lowest BCUT2D eigenvalue weighted by Crippen LogP contribution is -2.49. The maximum absolute atomic E-state index is 12.6. The predicted molar refractivity (Wildman–Crippen MR) is 122 cm³/mol. The van der Waals surface area contributed by atoms with Crippen molar-refractivity contribution in [2.45, 2.75) is 13.0 Å². The Kier molecular flexibility index (Phi) is 7.90. The van der Waals surface area contributed by atoms with Crippen LogP contribution in [0.5, 0.6) is 0 Å². The quantitative estimate of drug-likeness (QED) is 0.565. The standard InChI is InChI=1S/C22H29ClN6O/c1-24-22(27(2)17-18-6-5-7-19(23)16-18)26-11-9-21(30)29-14-12-28(13-15-29)20-8-3-4-10-25-20/h3-8,10,16H,9,11-15,17H2,1-2H3,(H,24,26). The van der Waals surface area contributed by atoms with Crippen LogP contribution in [0.1, 0.15) is 12.0 Å². The van der Waals surface area contributed by atoms with Crippen LogP contribution in [-0.4, -0.2) is 73.5 Å². The number of benzene rings is 1. The first-order valence-electron chi connectivity index (χ1n) is 10.2. The van der Waals surface area contributed by atoms with E-state index < -0.39 is 0 Å². The summed E-state index contributed by atoms with van der Waals surface area (Å²) in [7, 11) is 3.71. The second-order valence-corrected chi connectivity index (χ2v) is 7.70. The van der Waals surface area contributed by atoms with E-state index in [0.717, 1.165) is 48.5 Å². The molecule has 0 saturated carbocycles. The van der Waals surface area contributed by atoms with Crippen molar-refractivity contribution in [3.63, 3.8) is 0 Å². The number of carbonyl (C=O) groups excluding carboxylic acids is 1. The molecule has 2 heterocycles. The Morgan fingerprint density at radius 3 is 2.67 bits per heavy atom. The van der Waals surface area contributed by atoms with E-state index in [9.17, 15) is 4.79 Å². The van der Waals surface area contributed by atoms with Crippen molar-refractivity contribution >= 4 is 29.3 Å². The zero-order chi connectivity index (χ0) is 21.3. The molecule has 1 aromatic carbocycles. The van der Waals surface area contributed by atoms with Gasteiger partial charge in [0.05, 0.1) is 0 Å². The van der Waals surface area contributed by atoms with Crippen molar-refractivity contribution in [1.82, 2.24) is 20.1 Å². The van der Waals surface area contributed by atoms with Crippen LogP contribution in [0.25, 0.3) is 0 Å². The third-order valence-electron chi connectivity index (χ3n) is 5.11. The summed E-state index contributed by atoms with van der Waals surface area (Å²) in [6.45, 7) is 4.29. The summed E-state index contributed by atoms with van der Waals surface area (Å²) in [5.41, 5.74) is 1.11. The van der Waals surface area contributed by atoms with Gasteiger partial charge in [-0.3, -0.25) is 9.79 Å². The Morgan fingerprint density at radius 1 is 1.20 bits per heavy atom. The number of piperazine rings is 1. The normalized spacial score (nSPS) is 14.6. The Hall–Kier alpha value is -2.80. The molecule has 2 aromatic rings. The van der Waals surface area contributed by atoms with Crippen LogP contribution < -0.4 is 10.2 Å². The summed E-state index contributed by atoms with van der Waals surface area (Å²) in [6, 6.07) is 13.7. The van der Waals surface area contributed by atoms with Crippen molar-refractivity contribution in [3.05, 3.63) is 59.2 Å². The summed E-state index contributed by atoms with van der Waals surface area (Å²) in [5, 5.41) is 4.00. The Bertz CT molecular complexity index is 852. The van der Waals surface area contributed by atoms with Gasteiger partial charge in [-0.05, 0) is 29.8 Å². The number of pyridine rings is 1. The molecule has 3 rings (SSSR count). The van der Waals surface area contributed by atoms with Gasteiger partial charge in [0.25, 0.3) is 0 Å². The fourth-order valence-electron chi connectivity index (χ4n) is 3.53. The molecule has 30 heavy (non-hydrogen) atoms. The smallest absolute Gasteiger partial charge is 0.224 e. The molecule has 8 heteroatoms. The van der Waals surface area contributed by atoms with Gasteiger partial charge in [-0.1, -0.05) is 29.8 Å². The lowest BCUT2D eigenvalue weighted by Gasteiger charge is -2.35. The largest absolute Gasteiger partial charge is 0.356 e. The number of halogens is 1. The molecule has 1 aliphatic heterocycles. The predicted octanol–water partition coefficient (Wildman–Crippen LogP) is 2.48. The molecule has 0 aliphatic carbocycles. The van der Waals surface area contributed by atoms with Gasteiger partial charge in [-0.2, -0.15) is 0 Å². The van der Waals surface area contributed by atoms with Gasteiger partial charge in [0.1, 0.15) is 5.82 Å². The zero-order valence-corrected chi connectivity index (χ0v) is 18.3. The van der Waals surface area contributed by atoms with Gasteiger partial charge in [0.15, 0.2) is 5.96 Å². The average molecular weight is 429 g/mol. The van der Waals surface area contributed by atoms with E-state index in [1.165, 1.54) is 0 Å². The summed E-state index contributed by atoms with van der Waals surface area (Å²) in [6.07, 6.45) is 2.24. The maximum Gasteiger partial charge on any atom is 0.224 e. The number of anilines is 1. The number of aromatic nitrogens is 1. The highest BCUT2D eigenvalue weighted by atomic mass is 35.5. The SMILES string of the molecule is CN=C(NCCC(=O)N1CCN(c2ccccn2)CC1)N(C)Cc1cccc(Cl)c1. The van der Waals surface area contributed by atoms with Gasteiger partial charge in [0, 0.05) is 71.0 Å². The van der Waals surface area contributed by atoms with Gasteiger partial charge in [0.2, 0.25) is 5.91 Å². The van der Waals surface area contributed by atoms with Gasteiger partial charge in [-0.15, -0.1) is 0 Å². The van der Waals surface area contributed by atoms with Crippen LogP contribution in [0, 0.1) is 0 Å². The van der Waals surface area contributed by atoms with E-state index in [1.807, 2.05) is 59.3 Å². The minimum absolute atomic E-state index is 0.163. The van der Waals surface area contributed by atoms with Crippen LogP contribution in [0.15, 0.2) is 53.7 Å². The summed E-state index contributed by atoms with van der Waals surface area (Å²) < 4.78 is 0. The molecule has 1 N–H and O–H groups in total. The van der Waals surface area contributed by atoms with E-state index >= 15 is 0 Å². The number of hydrogen-bond donors (Lipinski definition) is 1. The number of nitrogens with zero attached hydrogens (tertiary/aromatic N) is 5. The highest BCUT2D eigenvalue weighted by Gasteiger charge is 2.21. The van der Waals surface area contributed by atoms with Crippen molar-refractivity contribution in [3.8, 4) is 0 Å². The highest BCUT2D eigenvalue weighted by molar-refractivity contribution is 6.30. The molecule has 7 nitrogen and oxygen atoms in total. The molecule has 1 aromatic heterocycles. The first kappa shape index (κ1) is 21.9. The third kappa shape index (κ3) is 6.10. The Balaban J connectivity index is 1.41. The van der Waals surface area contributed by atoms with Crippen LogP contribution in [0.4, 0.5) is 5.82 Å². The molecule has 0 radical (unpaired) electrons. The summed E-state index contributed by atoms with van der Waals surface area (Å²) >= 11 is 6.06. The topological polar surface area (TPSA) is 64.1 Å². The van der Waals surface area contributed by atoms with Crippen LogP contribution in [-0.2, 0) is 11.3 Å². The lowest BCUT2D eigenvalue weighted by atomic mass is 10.2. The summed E-state index contributed by atoms with van der Waals surface area (Å²) in [4.78, 5) is 27.5. The van der Waals surface area contributed by atoms with Gasteiger partial charge in [-0.25, -0.2) is 4.98 Å². The molecule has 160 valence electrons. The van der Waals surface area contributed by atoms with Crippen molar-refractivity contribution in [2.24, 2.45) is 4.99 Å². The van der Waals surface area contributed by atoms with Crippen LogP contribution >= 0.6 is 11.6 Å². The van der Waals surface area contributed by atoms with Gasteiger partial charge >= 0.3 is 0 Å². The lowest BCUT2D eigenvalue weighted by molar-refractivity contribution is -0.131. The summed E-state index contributed by atoms with van der Waals surface area (Å²) in [5.74, 6) is 1.89. The number of rotatable bonds is 6. The molecule has 0 spiro atoms. The highest BCUT2D eigenvalue weighted by Crippen LogP contribution is 2.13. The average Bonchev–Trinajstić information content (AvgIpc) is 2.77. The van der Waals surface area contributed by atoms with E-state index in [0.29, 0.717) is 19.5 Å². The number of hydrogen-bond acceptors (Lipinski definition) is 4. The molecule has 0 bridgehead atoms. The minimum atomic E-state index is 0.163. The zero-order valence-electron chi connectivity index (χ0n) is 17.6. The second-order valence-electron chi connectivity index (χ2n) is 7.27.